The Balaban J connectivity index is 1.80. The van der Waals surface area contributed by atoms with Crippen LogP contribution < -0.4 is 0 Å². The van der Waals surface area contributed by atoms with Gasteiger partial charge in [-0.25, -0.2) is 4.98 Å². The molecule has 114 valence electrons. The van der Waals surface area contributed by atoms with Crippen LogP contribution in [-0.2, 0) is 6.42 Å². The summed E-state index contributed by atoms with van der Waals surface area (Å²) in [4.78, 5) is 4.51. The molecule has 23 heavy (non-hydrogen) atoms. The lowest BCUT2D eigenvalue weighted by molar-refractivity contribution is 0.199. The third-order valence-electron chi connectivity index (χ3n) is 4.39. The van der Waals surface area contributed by atoms with E-state index in [-0.39, 0.29) is 0 Å². The highest BCUT2D eigenvalue weighted by molar-refractivity contribution is 6.32. The van der Waals surface area contributed by atoms with Crippen molar-refractivity contribution in [3.05, 3.63) is 75.9 Å². The molecule has 1 atom stereocenters. The molecule has 2 aromatic carbocycles. The normalized spacial score (nSPS) is 14.7. The number of fused-ring (bicyclic) bond motifs is 2. The Morgan fingerprint density at radius 3 is 2.78 bits per heavy atom. The average Bonchev–Trinajstić information content (AvgIpc) is 2.96. The third kappa shape index (κ3) is 2.54. The first kappa shape index (κ1) is 14.4. The van der Waals surface area contributed by atoms with Gasteiger partial charge in [0, 0.05) is 10.9 Å². The van der Waals surface area contributed by atoms with Gasteiger partial charge < -0.3 is 5.11 Å². The molecule has 1 N–H and O–H groups in total. The Morgan fingerprint density at radius 1 is 1.13 bits per heavy atom. The number of aromatic nitrogens is 1. The van der Waals surface area contributed by atoms with Crippen molar-refractivity contribution in [3.8, 4) is 0 Å². The minimum Gasteiger partial charge on any atom is -0.389 e. The van der Waals surface area contributed by atoms with Gasteiger partial charge in [-0.3, -0.25) is 0 Å². The second kappa shape index (κ2) is 5.48. The van der Waals surface area contributed by atoms with Crippen LogP contribution in [0.25, 0.3) is 22.6 Å². The largest absolute Gasteiger partial charge is 0.389 e. The summed E-state index contributed by atoms with van der Waals surface area (Å²) in [7, 11) is 0. The van der Waals surface area contributed by atoms with Crippen molar-refractivity contribution in [3.63, 3.8) is 0 Å². The summed E-state index contributed by atoms with van der Waals surface area (Å²) in [5.41, 5.74) is 6.42. The van der Waals surface area contributed by atoms with Gasteiger partial charge in [0.25, 0.3) is 0 Å². The van der Waals surface area contributed by atoms with E-state index in [4.69, 9.17) is 11.6 Å². The molecule has 2 nitrogen and oxygen atoms in total. The lowest BCUT2D eigenvalue weighted by Gasteiger charge is -2.07. The van der Waals surface area contributed by atoms with Gasteiger partial charge in [-0.05, 0) is 53.8 Å². The summed E-state index contributed by atoms with van der Waals surface area (Å²) in [6.45, 7) is 1.78. The zero-order valence-corrected chi connectivity index (χ0v) is 13.5. The number of hydrogen-bond acceptors (Lipinski definition) is 2. The van der Waals surface area contributed by atoms with E-state index >= 15 is 0 Å². The number of hydrogen-bond donors (Lipinski definition) is 1. The molecule has 1 heterocycles. The maximum Gasteiger partial charge on any atom is 0.137 e. The van der Waals surface area contributed by atoms with Crippen LogP contribution in [0, 0.1) is 0 Å². The van der Waals surface area contributed by atoms with Crippen molar-refractivity contribution < 1.29 is 5.11 Å². The van der Waals surface area contributed by atoms with Gasteiger partial charge in [-0.15, -0.1) is 0 Å². The topological polar surface area (TPSA) is 33.1 Å². The number of aliphatic hydroxyl groups is 1. The van der Waals surface area contributed by atoms with E-state index in [1.54, 1.807) is 6.92 Å². The summed E-state index contributed by atoms with van der Waals surface area (Å²) < 4.78 is 0. The fraction of sp³-hybridized carbons (Fsp3) is 0.150. The van der Waals surface area contributed by atoms with Crippen molar-refractivity contribution in [2.24, 2.45) is 0 Å². The van der Waals surface area contributed by atoms with E-state index in [0.29, 0.717) is 5.15 Å². The molecule has 0 fully saturated rings. The molecular formula is C20H16ClNO. The number of aliphatic hydroxyl groups excluding tert-OH is 1. The molecule has 0 radical (unpaired) electrons. The number of rotatable bonds is 2. The maximum absolute atomic E-state index is 9.75. The standard InChI is InChI=1S/C20H16ClNO/c1-12(23)13-6-7-14-9-17(10-16(14)8-13)18-11-15-4-2-3-5-19(15)22-20(18)21/h2-8,10-12,23H,9H2,1H3. The number of nitrogens with zero attached hydrogens (tertiary/aromatic N) is 1. The van der Waals surface area contributed by atoms with Gasteiger partial charge in [0.05, 0.1) is 11.6 Å². The van der Waals surface area contributed by atoms with Gasteiger partial charge in [-0.2, -0.15) is 0 Å². The molecule has 0 bridgehead atoms. The van der Waals surface area contributed by atoms with E-state index in [1.807, 2.05) is 24.3 Å². The Kier molecular flexibility index (Phi) is 3.44. The Hall–Kier alpha value is -2.16. The van der Waals surface area contributed by atoms with Crippen LogP contribution in [0.3, 0.4) is 0 Å². The van der Waals surface area contributed by atoms with Crippen molar-refractivity contribution in [2.45, 2.75) is 19.4 Å². The summed E-state index contributed by atoms with van der Waals surface area (Å²) in [5.74, 6) is 0. The molecule has 0 saturated carbocycles. The average molecular weight is 322 g/mol. The zero-order valence-electron chi connectivity index (χ0n) is 12.8. The van der Waals surface area contributed by atoms with Crippen LogP contribution in [0.5, 0.6) is 0 Å². The molecule has 1 unspecified atom stereocenters. The molecule has 0 saturated heterocycles. The fourth-order valence-corrected chi connectivity index (χ4v) is 3.37. The summed E-state index contributed by atoms with van der Waals surface area (Å²) in [6.07, 6.45) is 2.54. The van der Waals surface area contributed by atoms with Crippen LogP contribution in [0.2, 0.25) is 5.15 Å². The first-order valence-electron chi connectivity index (χ1n) is 7.69. The van der Waals surface area contributed by atoms with E-state index in [0.717, 1.165) is 34.0 Å². The molecule has 0 aliphatic heterocycles. The molecule has 3 heteroatoms. The predicted octanol–water partition coefficient (Wildman–Crippen LogP) is 5.04. The highest BCUT2D eigenvalue weighted by Gasteiger charge is 2.18. The molecule has 1 aromatic heterocycles. The highest BCUT2D eigenvalue weighted by atomic mass is 35.5. The second-order valence-electron chi connectivity index (χ2n) is 6.00. The SMILES string of the molecule is CC(O)c1ccc2c(c1)C=C(c1cc3ccccc3nc1Cl)C2. The maximum atomic E-state index is 9.75. The lowest BCUT2D eigenvalue weighted by atomic mass is 10.0. The molecule has 0 spiro atoms. The van der Waals surface area contributed by atoms with Gasteiger partial charge >= 0.3 is 0 Å². The van der Waals surface area contributed by atoms with Gasteiger partial charge in [0.2, 0.25) is 0 Å². The summed E-state index contributed by atoms with van der Waals surface area (Å²) in [5, 5.41) is 11.4. The number of pyridine rings is 1. The van der Waals surface area contributed by atoms with Crippen LogP contribution in [0.1, 0.15) is 35.3 Å². The van der Waals surface area contributed by atoms with Crippen LogP contribution >= 0.6 is 11.6 Å². The molecule has 0 amide bonds. The Bertz CT molecular complexity index is 944. The summed E-state index contributed by atoms with van der Waals surface area (Å²) >= 11 is 6.42. The van der Waals surface area contributed by atoms with Crippen LogP contribution in [0.4, 0.5) is 0 Å². The minimum atomic E-state index is -0.455. The van der Waals surface area contributed by atoms with Gasteiger partial charge in [-0.1, -0.05) is 48.0 Å². The first-order valence-corrected chi connectivity index (χ1v) is 8.07. The van der Waals surface area contributed by atoms with Crippen LogP contribution in [0.15, 0.2) is 48.5 Å². The number of halogens is 1. The highest BCUT2D eigenvalue weighted by Crippen LogP contribution is 2.36. The monoisotopic (exact) mass is 321 g/mol. The quantitative estimate of drug-likeness (QED) is 0.671. The number of benzene rings is 2. The lowest BCUT2D eigenvalue weighted by Crippen LogP contribution is -1.93. The molecule has 4 rings (SSSR count). The molecule has 1 aliphatic rings. The zero-order chi connectivity index (χ0) is 16.0. The molecule has 3 aromatic rings. The second-order valence-corrected chi connectivity index (χ2v) is 6.36. The van der Waals surface area contributed by atoms with Gasteiger partial charge in [0.15, 0.2) is 0 Å². The van der Waals surface area contributed by atoms with Gasteiger partial charge in [0.1, 0.15) is 5.15 Å². The van der Waals surface area contributed by atoms with Crippen LogP contribution in [-0.4, -0.2) is 10.1 Å². The minimum absolute atomic E-state index is 0.455. The Morgan fingerprint density at radius 2 is 1.96 bits per heavy atom. The first-order chi connectivity index (χ1) is 11.1. The molecular weight excluding hydrogens is 306 g/mol. The predicted molar refractivity (Wildman–Crippen MR) is 95.4 cm³/mol. The van der Waals surface area contributed by atoms with Crippen molar-refractivity contribution >= 4 is 34.2 Å². The third-order valence-corrected chi connectivity index (χ3v) is 4.67. The number of para-hydroxylation sites is 1. The van der Waals surface area contributed by atoms with Crippen molar-refractivity contribution in [2.75, 3.05) is 0 Å². The molecule has 1 aliphatic carbocycles. The fourth-order valence-electron chi connectivity index (χ4n) is 3.10. The van der Waals surface area contributed by atoms with E-state index < -0.39 is 6.10 Å². The number of allylic oxidation sites excluding steroid dienone is 1. The Labute approximate surface area is 140 Å². The van der Waals surface area contributed by atoms with E-state index in [9.17, 15) is 5.11 Å². The summed E-state index contributed by atoms with van der Waals surface area (Å²) in [6, 6.07) is 16.2. The smallest absolute Gasteiger partial charge is 0.137 e. The van der Waals surface area contributed by atoms with Crippen molar-refractivity contribution in [1.82, 2.24) is 4.98 Å². The van der Waals surface area contributed by atoms with E-state index in [1.165, 1.54) is 11.1 Å². The van der Waals surface area contributed by atoms with E-state index in [2.05, 4.69) is 35.3 Å². The van der Waals surface area contributed by atoms with Crippen molar-refractivity contribution in [1.29, 1.82) is 0 Å².